The van der Waals surface area contributed by atoms with Gasteiger partial charge in [0.2, 0.25) is 5.88 Å². The quantitative estimate of drug-likeness (QED) is 0.802. The van der Waals surface area contributed by atoms with Crippen LogP contribution in [0, 0.1) is 0 Å². The van der Waals surface area contributed by atoms with Crippen LogP contribution >= 0.6 is 0 Å². The molecule has 0 spiro atoms. The van der Waals surface area contributed by atoms with E-state index in [1.807, 2.05) is 7.05 Å². The van der Waals surface area contributed by atoms with Gasteiger partial charge in [-0.3, -0.25) is 0 Å². The number of hydrogen-bond acceptors (Lipinski definition) is 3. The Labute approximate surface area is 85.0 Å². The van der Waals surface area contributed by atoms with E-state index in [9.17, 15) is 0 Å². The number of anilines is 1. The lowest BCUT2D eigenvalue weighted by atomic mass is 10.1. The van der Waals surface area contributed by atoms with Crippen LogP contribution in [0.3, 0.4) is 0 Å². The highest BCUT2D eigenvalue weighted by atomic mass is 16.5. The van der Waals surface area contributed by atoms with Crippen molar-refractivity contribution in [3.8, 4) is 5.88 Å². The van der Waals surface area contributed by atoms with Crippen LogP contribution in [-0.2, 0) is 7.05 Å². The lowest BCUT2D eigenvalue weighted by Crippen LogP contribution is -2.02. The van der Waals surface area contributed by atoms with Crippen molar-refractivity contribution in [3.05, 3.63) is 5.69 Å². The van der Waals surface area contributed by atoms with E-state index in [-0.39, 0.29) is 0 Å². The molecule has 1 aromatic heterocycles. The molecule has 0 radical (unpaired) electrons. The molecule has 0 atom stereocenters. The third-order valence-corrected chi connectivity index (χ3v) is 2.05. The number of nitrogens with zero attached hydrogens (tertiary/aromatic N) is 2. The second-order valence-corrected chi connectivity index (χ2v) is 3.73. The van der Waals surface area contributed by atoms with Gasteiger partial charge in [-0.2, -0.15) is 5.10 Å². The van der Waals surface area contributed by atoms with Gasteiger partial charge >= 0.3 is 0 Å². The van der Waals surface area contributed by atoms with E-state index < -0.39 is 0 Å². The van der Waals surface area contributed by atoms with Gasteiger partial charge in [0.25, 0.3) is 0 Å². The zero-order valence-corrected chi connectivity index (χ0v) is 9.37. The van der Waals surface area contributed by atoms with Gasteiger partial charge in [0, 0.05) is 7.05 Å². The molecule has 0 saturated carbocycles. The summed E-state index contributed by atoms with van der Waals surface area (Å²) in [5.41, 5.74) is 7.53. The number of aromatic nitrogens is 2. The van der Waals surface area contributed by atoms with Crippen molar-refractivity contribution in [3.63, 3.8) is 0 Å². The van der Waals surface area contributed by atoms with Crippen molar-refractivity contribution in [2.45, 2.75) is 33.1 Å². The average Bonchev–Trinajstić information content (AvgIpc) is 2.40. The summed E-state index contributed by atoms with van der Waals surface area (Å²) in [6.45, 7) is 6.89. The summed E-state index contributed by atoms with van der Waals surface area (Å²) in [6, 6.07) is 0. The first-order valence-corrected chi connectivity index (χ1v) is 5.03. The van der Waals surface area contributed by atoms with Crippen molar-refractivity contribution < 1.29 is 4.74 Å². The summed E-state index contributed by atoms with van der Waals surface area (Å²) < 4.78 is 7.23. The van der Waals surface area contributed by atoms with E-state index in [4.69, 9.17) is 10.5 Å². The summed E-state index contributed by atoms with van der Waals surface area (Å²) in [4.78, 5) is 0. The van der Waals surface area contributed by atoms with E-state index in [2.05, 4.69) is 25.9 Å². The smallest absolute Gasteiger partial charge is 0.235 e. The molecule has 1 rings (SSSR count). The molecule has 2 N–H and O–H groups in total. The highest BCUT2D eigenvalue weighted by Gasteiger charge is 2.16. The van der Waals surface area contributed by atoms with Crippen molar-refractivity contribution in [1.29, 1.82) is 0 Å². The SMILES string of the molecule is CCCOc1c(N)c(C(C)C)nn1C. The van der Waals surface area contributed by atoms with Crippen LogP contribution in [0.15, 0.2) is 0 Å². The van der Waals surface area contributed by atoms with Gasteiger partial charge in [-0.1, -0.05) is 20.8 Å². The molecule has 0 fully saturated rings. The Bertz CT molecular complexity index is 305. The molecule has 0 amide bonds. The topological polar surface area (TPSA) is 53.1 Å². The predicted molar refractivity (Wildman–Crippen MR) is 57.5 cm³/mol. The Balaban J connectivity index is 2.93. The molecule has 1 heterocycles. The predicted octanol–water partition coefficient (Wildman–Crippen LogP) is 1.91. The maximum absolute atomic E-state index is 5.94. The third-order valence-electron chi connectivity index (χ3n) is 2.05. The molecule has 0 aliphatic carbocycles. The maximum Gasteiger partial charge on any atom is 0.235 e. The lowest BCUT2D eigenvalue weighted by Gasteiger charge is -2.05. The lowest BCUT2D eigenvalue weighted by molar-refractivity contribution is 0.291. The number of nitrogen functional groups attached to an aromatic ring is 1. The summed E-state index contributed by atoms with van der Waals surface area (Å²) in [5.74, 6) is 1.02. The Kier molecular flexibility index (Phi) is 3.38. The molecular formula is C10H19N3O. The van der Waals surface area contributed by atoms with Crippen molar-refractivity contribution in [2.75, 3.05) is 12.3 Å². The maximum atomic E-state index is 5.94. The molecule has 4 nitrogen and oxygen atoms in total. The molecule has 0 aliphatic rings. The fourth-order valence-corrected chi connectivity index (χ4v) is 1.34. The van der Waals surface area contributed by atoms with E-state index in [1.165, 1.54) is 0 Å². The molecule has 0 saturated heterocycles. The molecule has 0 unspecified atom stereocenters. The van der Waals surface area contributed by atoms with Crippen LogP contribution in [0.25, 0.3) is 0 Å². The summed E-state index contributed by atoms with van der Waals surface area (Å²) in [6.07, 6.45) is 0.974. The van der Waals surface area contributed by atoms with Crippen LogP contribution in [0.4, 0.5) is 5.69 Å². The van der Waals surface area contributed by atoms with E-state index >= 15 is 0 Å². The number of rotatable bonds is 4. The second-order valence-electron chi connectivity index (χ2n) is 3.73. The van der Waals surface area contributed by atoms with Gasteiger partial charge in [0.05, 0.1) is 12.3 Å². The number of ether oxygens (including phenoxy) is 1. The van der Waals surface area contributed by atoms with Gasteiger partial charge in [-0.05, 0) is 12.3 Å². The molecule has 0 bridgehead atoms. The van der Waals surface area contributed by atoms with Crippen LogP contribution in [-0.4, -0.2) is 16.4 Å². The zero-order chi connectivity index (χ0) is 10.7. The van der Waals surface area contributed by atoms with E-state index in [0.717, 1.165) is 12.1 Å². The largest absolute Gasteiger partial charge is 0.476 e. The van der Waals surface area contributed by atoms with Crippen LogP contribution in [0.1, 0.15) is 38.8 Å². The molecule has 1 aromatic rings. The minimum Gasteiger partial charge on any atom is -0.476 e. The van der Waals surface area contributed by atoms with Crippen LogP contribution in [0.2, 0.25) is 0 Å². The Hall–Kier alpha value is -1.19. The van der Waals surface area contributed by atoms with Gasteiger partial charge in [0.1, 0.15) is 5.69 Å². The third kappa shape index (κ3) is 2.00. The zero-order valence-electron chi connectivity index (χ0n) is 9.37. The van der Waals surface area contributed by atoms with Crippen molar-refractivity contribution in [1.82, 2.24) is 9.78 Å². The molecule has 4 heteroatoms. The summed E-state index contributed by atoms with van der Waals surface area (Å²) in [7, 11) is 1.85. The minimum atomic E-state index is 0.333. The fraction of sp³-hybridized carbons (Fsp3) is 0.700. The van der Waals surface area contributed by atoms with Gasteiger partial charge in [0.15, 0.2) is 0 Å². The van der Waals surface area contributed by atoms with E-state index in [1.54, 1.807) is 4.68 Å². The monoisotopic (exact) mass is 197 g/mol. The second kappa shape index (κ2) is 4.35. The first-order valence-electron chi connectivity index (χ1n) is 5.03. The summed E-state index contributed by atoms with van der Waals surface area (Å²) in [5, 5.41) is 4.33. The Morgan fingerprint density at radius 2 is 2.14 bits per heavy atom. The first kappa shape index (κ1) is 10.9. The molecule has 0 aliphatic heterocycles. The standard InChI is InChI=1S/C10H19N3O/c1-5-6-14-10-8(11)9(7(2)3)12-13(10)4/h7H,5-6,11H2,1-4H3. The van der Waals surface area contributed by atoms with Crippen molar-refractivity contribution in [2.24, 2.45) is 7.05 Å². The van der Waals surface area contributed by atoms with Crippen LogP contribution in [0.5, 0.6) is 5.88 Å². The number of hydrogen-bond donors (Lipinski definition) is 1. The van der Waals surface area contributed by atoms with Gasteiger partial charge in [-0.25, -0.2) is 4.68 Å². The summed E-state index contributed by atoms with van der Waals surface area (Å²) >= 11 is 0. The van der Waals surface area contributed by atoms with Crippen LogP contribution < -0.4 is 10.5 Å². The fourth-order valence-electron chi connectivity index (χ4n) is 1.34. The Morgan fingerprint density at radius 1 is 1.50 bits per heavy atom. The van der Waals surface area contributed by atoms with Crippen molar-refractivity contribution >= 4 is 5.69 Å². The minimum absolute atomic E-state index is 0.333. The Morgan fingerprint density at radius 3 is 2.57 bits per heavy atom. The first-order chi connectivity index (χ1) is 6.57. The number of aryl methyl sites for hydroxylation is 1. The molecule has 80 valence electrons. The highest BCUT2D eigenvalue weighted by Crippen LogP contribution is 2.29. The molecule has 14 heavy (non-hydrogen) atoms. The van der Waals surface area contributed by atoms with E-state index in [0.29, 0.717) is 24.1 Å². The molecule has 0 aromatic carbocycles. The van der Waals surface area contributed by atoms with Gasteiger partial charge in [-0.15, -0.1) is 0 Å². The van der Waals surface area contributed by atoms with Gasteiger partial charge < -0.3 is 10.5 Å². The normalized spacial score (nSPS) is 10.9. The highest BCUT2D eigenvalue weighted by molar-refractivity contribution is 5.54. The average molecular weight is 197 g/mol. The molecular weight excluding hydrogens is 178 g/mol. The number of nitrogens with two attached hydrogens (primary N) is 1.